The number of halogens is 1. The standard InChI is InChI=1S/C15H19N3O2S.ClH/c1-9-17-12-3-2-11(8-13(12)21-9)18-15(19)14(16)10-4-6-20-7-5-10;/h2-3,8,10,14H,4-7,16H2,1H3,(H,18,19);1H. The number of carbonyl (C=O) groups is 1. The first-order valence-corrected chi connectivity index (χ1v) is 7.96. The Bertz CT molecular complexity index is 655. The van der Waals surface area contributed by atoms with Gasteiger partial charge in [-0.2, -0.15) is 0 Å². The third-order valence-corrected chi connectivity index (χ3v) is 4.77. The van der Waals surface area contributed by atoms with Crippen LogP contribution in [0.2, 0.25) is 0 Å². The Morgan fingerprint density at radius 2 is 2.18 bits per heavy atom. The van der Waals surface area contributed by atoms with Crippen molar-refractivity contribution in [3.63, 3.8) is 0 Å². The molecule has 3 N–H and O–H groups in total. The van der Waals surface area contributed by atoms with Crippen LogP contribution < -0.4 is 11.1 Å². The van der Waals surface area contributed by atoms with Crippen LogP contribution in [0.25, 0.3) is 10.2 Å². The molecule has 0 radical (unpaired) electrons. The number of fused-ring (bicyclic) bond motifs is 1. The zero-order valence-corrected chi connectivity index (χ0v) is 14.0. The number of amides is 1. The van der Waals surface area contributed by atoms with Gasteiger partial charge < -0.3 is 15.8 Å². The Morgan fingerprint density at radius 3 is 2.91 bits per heavy atom. The van der Waals surface area contributed by atoms with Gasteiger partial charge in [0.2, 0.25) is 5.91 Å². The molecule has 0 bridgehead atoms. The number of thiazole rings is 1. The predicted molar refractivity (Wildman–Crippen MR) is 91.8 cm³/mol. The number of benzene rings is 1. The maximum atomic E-state index is 12.3. The van der Waals surface area contributed by atoms with E-state index < -0.39 is 6.04 Å². The number of hydrogen-bond acceptors (Lipinski definition) is 5. The second kappa shape index (κ2) is 7.37. The monoisotopic (exact) mass is 341 g/mol. The van der Waals surface area contributed by atoms with E-state index in [9.17, 15) is 4.79 Å². The van der Waals surface area contributed by atoms with Crippen molar-refractivity contribution in [2.24, 2.45) is 11.7 Å². The van der Waals surface area contributed by atoms with Crippen molar-refractivity contribution in [3.05, 3.63) is 23.2 Å². The molecule has 1 aliphatic rings. The van der Waals surface area contributed by atoms with Crippen LogP contribution in [0.15, 0.2) is 18.2 Å². The second-order valence-corrected chi connectivity index (χ2v) is 6.61. The van der Waals surface area contributed by atoms with Crippen molar-refractivity contribution in [1.82, 2.24) is 4.98 Å². The minimum absolute atomic E-state index is 0. The van der Waals surface area contributed by atoms with Gasteiger partial charge in [0.1, 0.15) is 0 Å². The van der Waals surface area contributed by atoms with E-state index in [0.29, 0.717) is 13.2 Å². The topological polar surface area (TPSA) is 77.2 Å². The third-order valence-electron chi connectivity index (χ3n) is 3.84. The molecule has 1 fully saturated rings. The Hall–Kier alpha value is -1.21. The van der Waals surface area contributed by atoms with Crippen molar-refractivity contribution < 1.29 is 9.53 Å². The van der Waals surface area contributed by atoms with Gasteiger partial charge in [-0.25, -0.2) is 4.98 Å². The van der Waals surface area contributed by atoms with Gasteiger partial charge in [-0.15, -0.1) is 23.7 Å². The number of hydrogen-bond donors (Lipinski definition) is 2. The number of ether oxygens (including phenoxy) is 1. The number of aryl methyl sites for hydroxylation is 1. The van der Waals surface area contributed by atoms with E-state index in [2.05, 4.69) is 10.3 Å². The molecule has 1 aromatic heterocycles. The number of anilines is 1. The Kier molecular flexibility index (Phi) is 5.74. The van der Waals surface area contributed by atoms with E-state index in [1.165, 1.54) is 0 Å². The van der Waals surface area contributed by atoms with Crippen molar-refractivity contribution in [2.45, 2.75) is 25.8 Å². The summed E-state index contributed by atoms with van der Waals surface area (Å²) < 4.78 is 6.38. The van der Waals surface area contributed by atoms with Gasteiger partial charge in [0.15, 0.2) is 0 Å². The summed E-state index contributed by atoms with van der Waals surface area (Å²) in [5, 5.41) is 3.94. The molecule has 2 aromatic rings. The predicted octanol–water partition coefficient (Wildman–Crippen LogP) is 2.72. The number of nitrogens with one attached hydrogen (secondary N) is 1. The van der Waals surface area contributed by atoms with Crippen LogP contribution >= 0.6 is 23.7 Å². The molecule has 5 nitrogen and oxygen atoms in total. The van der Waals surface area contributed by atoms with Crippen LogP contribution in [0.3, 0.4) is 0 Å². The normalized spacial score (nSPS) is 17.0. The molecule has 1 amide bonds. The largest absolute Gasteiger partial charge is 0.381 e. The fraction of sp³-hybridized carbons (Fsp3) is 0.467. The highest BCUT2D eigenvalue weighted by molar-refractivity contribution is 7.18. The minimum Gasteiger partial charge on any atom is -0.381 e. The molecule has 120 valence electrons. The number of aromatic nitrogens is 1. The van der Waals surface area contributed by atoms with Crippen molar-refractivity contribution in [2.75, 3.05) is 18.5 Å². The maximum absolute atomic E-state index is 12.3. The van der Waals surface area contributed by atoms with E-state index in [0.717, 1.165) is 33.8 Å². The first-order chi connectivity index (χ1) is 10.1. The fourth-order valence-corrected chi connectivity index (χ4v) is 3.50. The van der Waals surface area contributed by atoms with E-state index in [4.69, 9.17) is 10.5 Å². The molecule has 1 aromatic carbocycles. The Labute approximate surface area is 139 Å². The van der Waals surface area contributed by atoms with Crippen LogP contribution in [0.1, 0.15) is 17.8 Å². The van der Waals surface area contributed by atoms with Gasteiger partial charge in [0.05, 0.1) is 21.3 Å². The molecule has 7 heteroatoms. The molecule has 0 saturated carbocycles. The lowest BCUT2D eigenvalue weighted by molar-refractivity contribution is -0.119. The molecule has 1 atom stereocenters. The van der Waals surface area contributed by atoms with Gasteiger partial charge in [0, 0.05) is 18.9 Å². The van der Waals surface area contributed by atoms with Gasteiger partial charge in [-0.05, 0) is 43.9 Å². The summed E-state index contributed by atoms with van der Waals surface area (Å²) in [7, 11) is 0. The van der Waals surface area contributed by atoms with E-state index >= 15 is 0 Å². The van der Waals surface area contributed by atoms with Crippen molar-refractivity contribution >= 4 is 45.6 Å². The molecular weight excluding hydrogens is 322 g/mol. The summed E-state index contributed by atoms with van der Waals surface area (Å²) in [6, 6.07) is 5.27. The molecule has 1 saturated heterocycles. The second-order valence-electron chi connectivity index (χ2n) is 5.38. The van der Waals surface area contributed by atoms with Crippen LogP contribution in [0, 0.1) is 12.8 Å². The number of nitrogens with two attached hydrogens (primary N) is 1. The quantitative estimate of drug-likeness (QED) is 0.899. The van der Waals surface area contributed by atoms with E-state index in [-0.39, 0.29) is 24.2 Å². The summed E-state index contributed by atoms with van der Waals surface area (Å²) in [6.07, 6.45) is 1.70. The molecule has 3 rings (SSSR count). The Balaban J connectivity index is 0.00000176. The Morgan fingerprint density at radius 1 is 1.45 bits per heavy atom. The smallest absolute Gasteiger partial charge is 0.241 e. The fourth-order valence-electron chi connectivity index (χ4n) is 2.63. The molecular formula is C15H20ClN3O2S. The zero-order valence-electron chi connectivity index (χ0n) is 12.4. The zero-order chi connectivity index (χ0) is 14.8. The van der Waals surface area contributed by atoms with Gasteiger partial charge in [-0.1, -0.05) is 0 Å². The lowest BCUT2D eigenvalue weighted by Gasteiger charge is -2.26. The van der Waals surface area contributed by atoms with E-state index in [1.54, 1.807) is 11.3 Å². The number of nitrogens with zero attached hydrogens (tertiary/aromatic N) is 1. The van der Waals surface area contributed by atoms with Crippen LogP contribution in [0.5, 0.6) is 0 Å². The molecule has 1 unspecified atom stereocenters. The molecule has 1 aliphatic heterocycles. The van der Waals surface area contributed by atoms with E-state index in [1.807, 2.05) is 25.1 Å². The minimum atomic E-state index is -0.479. The van der Waals surface area contributed by atoms with Crippen LogP contribution in [0.4, 0.5) is 5.69 Å². The highest BCUT2D eigenvalue weighted by Crippen LogP contribution is 2.25. The first kappa shape index (κ1) is 17.1. The molecule has 2 heterocycles. The SMILES string of the molecule is Cc1nc2ccc(NC(=O)C(N)C3CCOCC3)cc2s1.Cl. The van der Waals surface area contributed by atoms with Gasteiger partial charge >= 0.3 is 0 Å². The summed E-state index contributed by atoms with van der Waals surface area (Å²) in [6.45, 7) is 3.36. The van der Waals surface area contributed by atoms with Gasteiger partial charge in [-0.3, -0.25) is 4.79 Å². The number of rotatable bonds is 3. The molecule has 0 spiro atoms. The van der Waals surface area contributed by atoms with Crippen molar-refractivity contribution in [1.29, 1.82) is 0 Å². The first-order valence-electron chi connectivity index (χ1n) is 7.15. The van der Waals surface area contributed by atoms with Gasteiger partial charge in [0.25, 0.3) is 0 Å². The summed E-state index contributed by atoms with van der Waals surface area (Å²) in [5.74, 6) is 0.0793. The molecule has 22 heavy (non-hydrogen) atoms. The average molecular weight is 342 g/mol. The van der Waals surface area contributed by atoms with Crippen LogP contribution in [-0.2, 0) is 9.53 Å². The summed E-state index contributed by atoms with van der Waals surface area (Å²) >= 11 is 1.62. The van der Waals surface area contributed by atoms with Crippen LogP contribution in [-0.4, -0.2) is 30.1 Å². The lowest BCUT2D eigenvalue weighted by atomic mass is 9.92. The lowest BCUT2D eigenvalue weighted by Crippen LogP contribution is -2.43. The third kappa shape index (κ3) is 3.76. The highest BCUT2D eigenvalue weighted by Gasteiger charge is 2.26. The van der Waals surface area contributed by atoms with Crippen molar-refractivity contribution in [3.8, 4) is 0 Å². The summed E-state index contributed by atoms with van der Waals surface area (Å²) in [4.78, 5) is 16.7. The number of carbonyl (C=O) groups excluding carboxylic acids is 1. The molecule has 0 aliphatic carbocycles. The highest BCUT2D eigenvalue weighted by atomic mass is 35.5. The average Bonchev–Trinajstić information content (AvgIpc) is 2.86. The summed E-state index contributed by atoms with van der Waals surface area (Å²) in [5.41, 5.74) is 7.82. The maximum Gasteiger partial charge on any atom is 0.241 e.